The Kier molecular flexibility index (Phi) is 3.33. The summed E-state index contributed by atoms with van der Waals surface area (Å²) in [7, 11) is 0. The van der Waals surface area contributed by atoms with Crippen LogP contribution in [-0.4, -0.2) is 16.5 Å². The smallest absolute Gasteiger partial charge is 0.277 e. The Morgan fingerprint density at radius 2 is 2.21 bits per heavy atom. The van der Waals surface area contributed by atoms with Crippen molar-refractivity contribution in [2.45, 2.75) is 19.8 Å². The summed E-state index contributed by atoms with van der Waals surface area (Å²) in [4.78, 5) is 17.4. The van der Waals surface area contributed by atoms with Crippen LogP contribution in [0.3, 0.4) is 0 Å². The average Bonchev–Trinajstić information content (AvgIpc) is 2.13. The molecular weight excluding hydrogens is 182 g/mol. The Labute approximate surface area is 81.7 Å². The van der Waals surface area contributed by atoms with Gasteiger partial charge >= 0.3 is 0 Å². The van der Waals surface area contributed by atoms with E-state index in [9.17, 15) is 4.79 Å². The highest BCUT2D eigenvalue weighted by Gasteiger charge is 2.05. The molecule has 0 saturated heterocycles. The topological polar surface area (TPSA) is 110 Å². The van der Waals surface area contributed by atoms with E-state index in [2.05, 4.69) is 22.2 Å². The lowest BCUT2D eigenvalue weighted by atomic mass is 10.3. The molecule has 78 valence electrons. The Bertz CT molecular complexity index is 359. The number of aromatic amines is 1. The van der Waals surface area contributed by atoms with E-state index in [1.54, 1.807) is 0 Å². The van der Waals surface area contributed by atoms with Crippen molar-refractivity contribution >= 4 is 17.5 Å². The van der Waals surface area contributed by atoms with Crippen molar-refractivity contribution in [3.63, 3.8) is 0 Å². The lowest BCUT2D eigenvalue weighted by Gasteiger charge is -2.06. The van der Waals surface area contributed by atoms with E-state index in [-0.39, 0.29) is 11.6 Å². The number of H-pyrrole nitrogens is 1. The summed E-state index contributed by atoms with van der Waals surface area (Å²) in [5.41, 5.74) is 10.6. The van der Waals surface area contributed by atoms with E-state index < -0.39 is 5.56 Å². The van der Waals surface area contributed by atoms with E-state index in [1.807, 2.05) is 0 Å². The molecule has 0 fully saturated rings. The summed E-state index contributed by atoms with van der Waals surface area (Å²) >= 11 is 0. The second kappa shape index (κ2) is 4.50. The standard InChI is InChI=1S/C8H15N5O/c1-2-3-4-11-6-5(9)7(14)13-8(10)12-6/h2-4,9H2,1H3,(H4,10,11,12,13,14). The van der Waals surface area contributed by atoms with Crippen molar-refractivity contribution in [2.24, 2.45) is 0 Å². The van der Waals surface area contributed by atoms with Crippen LogP contribution < -0.4 is 22.3 Å². The molecule has 6 heteroatoms. The van der Waals surface area contributed by atoms with Crippen LogP contribution in [0.4, 0.5) is 17.5 Å². The number of rotatable bonds is 4. The predicted molar refractivity (Wildman–Crippen MR) is 57.1 cm³/mol. The van der Waals surface area contributed by atoms with Crippen LogP contribution in [0.2, 0.25) is 0 Å². The highest BCUT2D eigenvalue weighted by atomic mass is 16.1. The minimum Gasteiger partial charge on any atom is -0.391 e. The van der Waals surface area contributed by atoms with Crippen LogP contribution in [0.1, 0.15) is 19.8 Å². The molecule has 0 atom stereocenters. The summed E-state index contributed by atoms with van der Waals surface area (Å²) in [6, 6.07) is 0. The van der Waals surface area contributed by atoms with Crippen LogP contribution in [0, 0.1) is 0 Å². The number of hydrogen-bond donors (Lipinski definition) is 4. The summed E-state index contributed by atoms with van der Waals surface area (Å²) in [5.74, 6) is 0.433. The molecule has 0 bridgehead atoms. The molecule has 0 aliphatic heterocycles. The van der Waals surface area contributed by atoms with Gasteiger partial charge in [0.25, 0.3) is 5.56 Å². The molecule has 0 radical (unpaired) electrons. The maximum atomic E-state index is 11.2. The van der Waals surface area contributed by atoms with E-state index >= 15 is 0 Å². The average molecular weight is 197 g/mol. The Morgan fingerprint density at radius 3 is 2.86 bits per heavy atom. The highest BCUT2D eigenvalue weighted by Crippen LogP contribution is 2.09. The molecule has 6 nitrogen and oxygen atoms in total. The lowest BCUT2D eigenvalue weighted by molar-refractivity contribution is 0.830. The van der Waals surface area contributed by atoms with Gasteiger partial charge in [-0.2, -0.15) is 4.98 Å². The van der Waals surface area contributed by atoms with Crippen molar-refractivity contribution in [2.75, 3.05) is 23.3 Å². The first-order valence-electron chi connectivity index (χ1n) is 4.54. The number of nitrogens with two attached hydrogens (primary N) is 2. The van der Waals surface area contributed by atoms with Crippen LogP contribution in [0.25, 0.3) is 0 Å². The molecule has 0 saturated carbocycles. The Hall–Kier alpha value is -1.72. The number of unbranched alkanes of at least 4 members (excludes halogenated alkanes) is 1. The molecule has 0 amide bonds. The maximum Gasteiger partial charge on any atom is 0.277 e. The van der Waals surface area contributed by atoms with Gasteiger partial charge in [0.05, 0.1) is 0 Å². The minimum atomic E-state index is -0.406. The van der Waals surface area contributed by atoms with Gasteiger partial charge in [0.2, 0.25) is 5.95 Å². The minimum absolute atomic E-state index is 0.0724. The van der Waals surface area contributed by atoms with E-state index in [0.717, 1.165) is 19.4 Å². The molecule has 6 N–H and O–H groups in total. The fraction of sp³-hybridized carbons (Fsp3) is 0.500. The third-order valence-electron chi connectivity index (χ3n) is 1.80. The molecule has 1 rings (SSSR count). The van der Waals surface area contributed by atoms with Gasteiger partial charge < -0.3 is 16.8 Å². The number of hydrogen-bond acceptors (Lipinski definition) is 5. The van der Waals surface area contributed by atoms with E-state index in [4.69, 9.17) is 11.5 Å². The zero-order valence-corrected chi connectivity index (χ0v) is 8.13. The highest BCUT2D eigenvalue weighted by molar-refractivity contribution is 5.60. The van der Waals surface area contributed by atoms with Gasteiger partial charge in [-0.3, -0.25) is 9.78 Å². The van der Waals surface area contributed by atoms with Gasteiger partial charge in [-0.05, 0) is 6.42 Å². The largest absolute Gasteiger partial charge is 0.391 e. The number of nitrogen functional groups attached to an aromatic ring is 2. The van der Waals surface area contributed by atoms with Gasteiger partial charge in [0.1, 0.15) is 5.69 Å². The number of nitrogens with one attached hydrogen (secondary N) is 2. The van der Waals surface area contributed by atoms with Crippen molar-refractivity contribution in [3.8, 4) is 0 Å². The summed E-state index contributed by atoms with van der Waals surface area (Å²) in [6.07, 6.45) is 2.05. The van der Waals surface area contributed by atoms with Gasteiger partial charge in [-0.25, -0.2) is 0 Å². The van der Waals surface area contributed by atoms with Gasteiger partial charge in [0.15, 0.2) is 5.82 Å². The van der Waals surface area contributed by atoms with E-state index in [0.29, 0.717) is 5.82 Å². The SMILES string of the molecule is CCCCNc1nc(N)[nH]c(=O)c1N. The molecule has 0 unspecified atom stereocenters. The Balaban J connectivity index is 2.80. The zero-order valence-electron chi connectivity index (χ0n) is 8.13. The number of aromatic nitrogens is 2. The van der Waals surface area contributed by atoms with E-state index in [1.165, 1.54) is 0 Å². The molecule has 1 heterocycles. The van der Waals surface area contributed by atoms with Crippen molar-refractivity contribution in [1.82, 2.24) is 9.97 Å². The van der Waals surface area contributed by atoms with Crippen molar-refractivity contribution < 1.29 is 0 Å². The third kappa shape index (κ3) is 2.38. The van der Waals surface area contributed by atoms with Crippen LogP contribution >= 0.6 is 0 Å². The van der Waals surface area contributed by atoms with Crippen molar-refractivity contribution in [1.29, 1.82) is 0 Å². The van der Waals surface area contributed by atoms with Gasteiger partial charge in [-0.1, -0.05) is 13.3 Å². The number of nitrogens with zero attached hydrogens (tertiary/aromatic N) is 1. The van der Waals surface area contributed by atoms with Crippen LogP contribution in [0.5, 0.6) is 0 Å². The molecule has 0 aromatic carbocycles. The summed E-state index contributed by atoms with van der Waals surface area (Å²) in [6.45, 7) is 2.81. The first-order valence-corrected chi connectivity index (χ1v) is 4.54. The van der Waals surface area contributed by atoms with Crippen LogP contribution in [0.15, 0.2) is 4.79 Å². The third-order valence-corrected chi connectivity index (χ3v) is 1.80. The Morgan fingerprint density at radius 1 is 1.50 bits per heavy atom. The van der Waals surface area contributed by atoms with Gasteiger partial charge in [-0.15, -0.1) is 0 Å². The summed E-state index contributed by atoms with van der Waals surface area (Å²) in [5, 5.41) is 2.96. The first kappa shape index (κ1) is 10.4. The summed E-state index contributed by atoms with van der Waals surface area (Å²) < 4.78 is 0. The molecule has 0 aliphatic carbocycles. The second-order valence-corrected chi connectivity index (χ2v) is 2.99. The molecular formula is C8H15N5O. The maximum absolute atomic E-state index is 11.2. The first-order chi connectivity index (χ1) is 6.65. The van der Waals surface area contributed by atoms with Crippen molar-refractivity contribution in [3.05, 3.63) is 10.4 Å². The molecule has 1 aromatic rings. The lowest BCUT2D eigenvalue weighted by Crippen LogP contribution is -2.19. The van der Waals surface area contributed by atoms with Crippen LogP contribution in [-0.2, 0) is 0 Å². The molecule has 14 heavy (non-hydrogen) atoms. The fourth-order valence-corrected chi connectivity index (χ4v) is 1.02. The monoisotopic (exact) mass is 197 g/mol. The molecule has 0 spiro atoms. The quantitative estimate of drug-likeness (QED) is 0.513. The molecule has 0 aliphatic rings. The predicted octanol–water partition coefficient (Wildman–Crippen LogP) is 0.146. The zero-order chi connectivity index (χ0) is 10.6. The fourth-order valence-electron chi connectivity index (χ4n) is 1.02. The molecule has 1 aromatic heterocycles. The number of anilines is 3. The normalized spacial score (nSPS) is 10.1. The second-order valence-electron chi connectivity index (χ2n) is 2.99. The van der Waals surface area contributed by atoms with Gasteiger partial charge in [0, 0.05) is 6.54 Å².